The first-order valence-corrected chi connectivity index (χ1v) is 5.58. The second-order valence-corrected chi connectivity index (χ2v) is 3.74. The predicted octanol–water partition coefficient (Wildman–Crippen LogP) is -0.140. The molecular formula is C10H10N2O4S. The molecule has 0 aromatic heterocycles. The summed E-state index contributed by atoms with van der Waals surface area (Å²) in [6, 6.07) is 7.99. The maximum Gasteiger partial charge on any atom is 0.352 e. The van der Waals surface area contributed by atoms with Crippen molar-refractivity contribution in [3.63, 3.8) is 0 Å². The van der Waals surface area contributed by atoms with E-state index in [0.717, 1.165) is 7.11 Å². The van der Waals surface area contributed by atoms with Gasteiger partial charge in [-0.15, -0.1) is 0 Å². The van der Waals surface area contributed by atoms with Gasteiger partial charge >= 0.3 is 5.71 Å². The monoisotopic (exact) mass is 254 g/mol. The number of hydrogen-bond donors (Lipinski definition) is 1. The van der Waals surface area contributed by atoms with Gasteiger partial charge in [0.25, 0.3) is 11.3 Å². The first kappa shape index (κ1) is 13.3. The van der Waals surface area contributed by atoms with Gasteiger partial charge in [-0.3, -0.25) is 4.84 Å². The lowest BCUT2D eigenvalue weighted by molar-refractivity contribution is -0.665. The van der Waals surface area contributed by atoms with Gasteiger partial charge in [0.2, 0.25) is 0 Å². The van der Waals surface area contributed by atoms with Crippen molar-refractivity contribution >= 4 is 17.0 Å². The van der Waals surface area contributed by atoms with E-state index in [0.29, 0.717) is 15.3 Å². The molecule has 1 aromatic rings. The van der Waals surface area contributed by atoms with E-state index >= 15 is 0 Å². The highest BCUT2D eigenvalue weighted by molar-refractivity contribution is 7.72. The summed E-state index contributed by atoms with van der Waals surface area (Å²) < 4.78 is 22.1. The summed E-state index contributed by atoms with van der Waals surface area (Å²) in [5.41, 5.74) is 0.902. The van der Waals surface area contributed by atoms with Crippen molar-refractivity contribution in [1.82, 2.24) is 0 Å². The largest absolute Gasteiger partial charge is 0.713 e. The predicted molar refractivity (Wildman–Crippen MR) is 58.3 cm³/mol. The van der Waals surface area contributed by atoms with Crippen LogP contribution in [0.15, 0.2) is 24.3 Å². The van der Waals surface area contributed by atoms with Crippen LogP contribution in [0.3, 0.4) is 0 Å². The van der Waals surface area contributed by atoms with Crippen LogP contribution >= 0.6 is 0 Å². The molecule has 0 spiro atoms. The summed E-state index contributed by atoms with van der Waals surface area (Å²) in [6.45, 7) is -0.121. The number of hydrogen-bond acceptors (Lipinski definition) is 5. The van der Waals surface area contributed by atoms with Crippen LogP contribution in [0, 0.1) is 11.3 Å². The molecule has 0 saturated carbocycles. The second-order valence-electron chi connectivity index (χ2n) is 2.97. The first-order chi connectivity index (χ1) is 8.13. The fourth-order valence-electron chi connectivity index (χ4n) is 1.21. The lowest BCUT2D eigenvalue weighted by Crippen LogP contribution is -2.22. The van der Waals surface area contributed by atoms with Crippen LogP contribution in [0.2, 0.25) is 0 Å². The molecule has 0 fully saturated rings. The summed E-state index contributed by atoms with van der Waals surface area (Å²) in [5, 5.41) is 17.8. The van der Waals surface area contributed by atoms with E-state index in [9.17, 15) is 8.76 Å². The van der Waals surface area contributed by atoms with E-state index in [2.05, 4.69) is 4.84 Å². The molecule has 0 heterocycles. The molecule has 0 amide bonds. The molecule has 0 radical (unpaired) electrons. The molecule has 7 heteroatoms. The van der Waals surface area contributed by atoms with Gasteiger partial charge < -0.3 is 9.66 Å². The molecule has 90 valence electrons. The highest BCUT2D eigenvalue weighted by atomic mass is 32.2. The summed E-state index contributed by atoms with van der Waals surface area (Å²) in [6.07, 6.45) is 0. The maximum atomic E-state index is 10.8. The Balaban J connectivity index is 3.27. The van der Waals surface area contributed by atoms with Crippen molar-refractivity contribution in [1.29, 1.82) is 5.26 Å². The zero-order chi connectivity index (χ0) is 12.8. The average Bonchev–Trinajstić information content (AvgIpc) is 2.35. The van der Waals surface area contributed by atoms with Crippen molar-refractivity contribution in [3.8, 4) is 6.07 Å². The molecule has 1 unspecified atom stereocenters. The molecule has 0 aliphatic carbocycles. The van der Waals surface area contributed by atoms with Crippen LogP contribution in [0.4, 0.5) is 0 Å². The Bertz CT molecular complexity index is 490. The van der Waals surface area contributed by atoms with Crippen molar-refractivity contribution in [3.05, 3.63) is 35.4 Å². The van der Waals surface area contributed by atoms with Crippen molar-refractivity contribution in [2.75, 3.05) is 7.11 Å². The van der Waals surface area contributed by atoms with Crippen LogP contribution in [0.1, 0.15) is 11.1 Å². The lowest BCUT2D eigenvalue weighted by atomic mass is 10.1. The van der Waals surface area contributed by atoms with E-state index in [-0.39, 0.29) is 12.3 Å². The Hall–Kier alpha value is -1.75. The average molecular weight is 254 g/mol. The number of aliphatic hydroxyl groups is 1. The third-order valence-corrected chi connectivity index (χ3v) is 2.60. The van der Waals surface area contributed by atoms with Gasteiger partial charge in [0.15, 0.2) is 13.2 Å². The van der Waals surface area contributed by atoms with Gasteiger partial charge in [-0.2, -0.15) is 9.47 Å². The van der Waals surface area contributed by atoms with E-state index in [1.54, 1.807) is 18.2 Å². The van der Waals surface area contributed by atoms with E-state index in [1.165, 1.54) is 12.1 Å². The van der Waals surface area contributed by atoms with E-state index in [1.807, 2.05) is 0 Å². The van der Waals surface area contributed by atoms with Gasteiger partial charge in [-0.1, -0.05) is 12.1 Å². The lowest BCUT2D eigenvalue weighted by Gasteiger charge is -2.02. The number of nitrogens with zero attached hydrogens (tertiary/aromatic N) is 2. The highest BCUT2D eigenvalue weighted by Crippen LogP contribution is 2.06. The third kappa shape index (κ3) is 3.10. The Morgan fingerprint density at radius 2 is 2.18 bits per heavy atom. The summed E-state index contributed by atoms with van der Waals surface area (Å²) in [4.78, 5) is 4.59. The SMILES string of the molecule is CO[N+](=C(C#N)c1ccc(CO)cc1)S(=O)[O-]. The van der Waals surface area contributed by atoms with Crippen LogP contribution in [0.5, 0.6) is 0 Å². The van der Waals surface area contributed by atoms with Crippen molar-refractivity contribution in [2.24, 2.45) is 0 Å². The molecule has 0 aliphatic rings. The van der Waals surface area contributed by atoms with Crippen LogP contribution in [0.25, 0.3) is 0 Å². The molecule has 1 atom stereocenters. The van der Waals surface area contributed by atoms with E-state index in [4.69, 9.17) is 10.4 Å². The number of rotatable bonds is 4. The highest BCUT2D eigenvalue weighted by Gasteiger charge is 2.20. The minimum atomic E-state index is -2.69. The Labute approximate surface area is 101 Å². The minimum absolute atomic E-state index is 0.121. The topological polar surface area (TPSA) is 96.4 Å². The first-order valence-electron chi connectivity index (χ1n) is 4.55. The van der Waals surface area contributed by atoms with Gasteiger partial charge in [-0.25, -0.2) is 0 Å². The summed E-state index contributed by atoms with van der Waals surface area (Å²) in [7, 11) is 1.15. The van der Waals surface area contributed by atoms with Gasteiger partial charge in [0, 0.05) is 0 Å². The Morgan fingerprint density at radius 3 is 2.53 bits per heavy atom. The molecule has 6 nitrogen and oxygen atoms in total. The van der Waals surface area contributed by atoms with Crippen molar-refractivity contribution < 1.29 is 22.8 Å². The molecular weight excluding hydrogens is 244 g/mol. The van der Waals surface area contributed by atoms with Crippen LogP contribution < -0.4 is 0 Å². The smallest absolute Gasteiger partial charge is 0.352 e. The maximum absolute atomic E-state index is 10.8. The van der Waals surface area contributed by atoms with E-state index < -0.39 is 11.3 Å². The number of benzene rings is 1. The third-order valence-electron chi connectivity index (χ3n) is 2.00. The Kier molecular flexibility index (Phi) is 4.78. The van der Waals surface area contributed by atoms with Gasteiger partial charge in [0.05, 0.1) is 16.3 Å². The fourth-order valence-corrected chi connectivity index (χ4v) is 1.62. The van der Waals surface area contributed by atoms with Crippen LogP contribution in [-0.2, 0) is 22.7 Å². The minimum Gasteiger partial charge on any atom is -0.713 e. The zero-order valence-corrected chi connectivity index (χ0v) is 9.81. The summed E-state index contributed by atoms with van der Waals surface area (Å²) >= 11 is -2.69. The van der Waals surface area contributed by atoms with Crippen LogP contribution in [-0.4, -0.2) is 30.8 Å². The Morgan fingerprint density at radius 1 is 1.59 bits per heavy atom. The summed E-state index contributed by atoms with van der Waals surface area (Å²) in [5.74, 6) is 0. The zero-order valence-electron chi connectivity index (χ0n) is 8.99. The van der Waals surface area contributed by atoms with Gasteiger partial charge in [-0.05, 0) is 17.7 Å². The van der Waals surface area contributed by atoms with Crippen molar-refractivity contribution in [2.45, 2.75) is 6.61 Å². The molecule has 1 rings (SSSR count). The second kappa shape index (κ2) is 6.10. The number of nitriles is 1. The molecule has 17 heavy (non-hydrogen) atoms. The number of aliphatic hydroxyl groups excluding tert-OH is 1. The molecule has 0 aliphatic heterocycles. The standard InChI is InChI=1S/C10H10N2O4S/c1-16-12(17(14)15)10(6-11)9-4-2-8(7-13)3-5-9/h2-5,13H,7H2,1H3. The fraction of sp³-hybridized carbons (Fsp3) is 0.200. The molecule has 0 saturated heterocycles. The quantitative estimate of drug-likeness (QED) is 0.349. The normalized spacial score (nSPS) is 13.5. The molecule has 1 N–H and O–H groups in total. The molecule has 0 bridgehead atoms. The molecule has 1 aromatic carbocycles. The van der Waals surface area contributed by atoms with Gasteiger partial charge in [0.1, 0.15) is 0 Å².